The van der Waals surface area contributed by atoms with Crippen LogP contribution in [0.5, 0.6) is 5.75 Å². The molecule has 0 bridgehead atoms. The summed E-state index contributed by atoms with van der Waals surface area (Å²) in [7, 11) is 0. The summed E-state index contributed by atoms with van der Waals surface area (Å²) in [6.45, 7) is 6.03. The average Bonchev–Trinajstić information content (AvgIpc) is 2.07. The second-order valence-corrected chi connectivity index (χ2v) is 3.68. The quantitative estimate of drug-likeness (QED) is 0.740. The molecule has 1 aromatic carbocycles. The van der Waals surface area contributed by atoms with Crippen LogP contribution in [0.4, 0.5) is 4.39 Å². The van der Waals surface area contributed by atoms with E-state index in [4.69, 9.17) is 4.74 Å². The molecular formula is C10H10BrFO. The Morgan fingerprint density at radius 1 is 1.62 bits per heavy atom. The Morgan fingerprint density at radius 3 is 2.85 bits per heavy atom. The lowest BCUT2D eigenvalue weighted by molar-refractivity contribution is 0.351. The van der Waals surface area contributed by atoms with Crippen LogP contribution < -0.4 is 4.74 Å². The zero-order valence-corrected chi connectivity index (χ0v) is 8.90. The summed E-state index contributed by atoms with van der Waals surface area (Å²) in [6.07, 6.45) is 0. The number of hydrogen-bond donors (Lipinski definition) is 0. The van der Waals surface area contributed by atoms with Gasteiger partial charge in [-0.25, -0.2) is 4.39 Å². The molecule has 0 amide bonds. The fraction of sp³-hybridized carbons (Fsp3) is 0.200. The molecular weight excluding hydrogens is 235 g/mol. The van der Waals surface area contributed by atoms with Crippen LogP contribution in [0, 0.1) is 5.82 Å². The monoisotopic (exact) mass is 244 g/mol. The second-order valence-electron chi connectivity index (χ2n) is 2.82. The van der Waals surface area contributed by atoms with E-state index < -0.39 is 0 Å². The molecule has 0 N–H and O–H groups in total. The van der Waals surface area contributed by atoms with Crippen molar-refractivity contribution in [3.63, 3.8) is 0 Å². The van der Waals surface area contributed by atoms with Gasteiger partial charge in [0.25, 0.3) is 0 Å². The molecule has 3 heteroatoms. The van der Waals surface area contributed by atoms with Crippen molar-refractivity contribution >= 4 is 15.9 Å². The van der Waals surface area contributed by atoms with E-state index in [1.54, 1.807) is 12.1 Å². The van der Waals surface area contributed by atoms with Crippen LogP contribution >= 0.6 is 15.9 Å². The Kier molecular flexibility index (Phi) is 3.48. The molecule has 0 heterocycles. The van der Waals surface area contributed by atoms with Gasteiger partial charge < -0.3 is 4.74 Å². The van der Waals surface area contributed by atoms with Gasteiger partial charge in [0.2, 0.25) is 0 Å². The molecule has 0 aliphatic heterocycles. The highest BCUT2D eigenvalue weighted by Crippen LogP contribution is 2.21. The molecule has 0 spiro atoms. The van der Waals surface area contributed by atoms with Crippen molar-refractivity contribution in [1.29, 1.82) is 0 Å². The van der Waals surface area contributed by atoms with E-state index >= 15 is 0 Å². The molecule has 1 nitrogen and oxygen atoms in total. The van der Waals surface area contributed by atoms with Crippen LogP contribution in [0.25, 0.3) is 0 Å². The Hall–Kier alpha value is -0.830. The van der Waals surface area contributed by atoms with Crippen molar-refractivity contribution in [3.8, 4) is 5.75 Å². The second kappa shape index (κ2) is 4.42. The molecule has 0 aliphatic carbocycles. The van der Waals surface area contributed by atoms with Gasteiger partial charge in [-0.15, -0.1) is 0 Å². The zero-order chi connectivity index (χ0) is 9.84. The molecule has 0 fully saturated rings. The van der Waals surface area contributed by atoms with Crippen LogP contribution in [0.2, 0.25) is 0 Å². The first-order chi connectivity index (χ1) is 6.09. The molecule has 0 saturated carbocycles. The van der Waals surface area contributed by atoms with Gasteiger partial charge in [0.15, 0.2) is 0 Å². The average molecular weight is 245 g/mol. The van der Waals surface area contributed by atoms with E-state index in [-0.39, 0.29) is 5.82 Å². The lowest BCUT2D eigenvalue weighted by Crippen LogP contribution is -1.97. The molecule has 1 rings (SSSR count). The highest BCUT2D eigenvalue weighted by Gasteiger charge is 2.00. The van der Waals surface area contributed by atoms with Gasteiger partial charge in [0.05, 0.1) is 4.47 Å². The highest BCUT2D eigenvalue weighted by atomic mass is 79.9. The van der Waals surface area contributed by atoms with Crippen LogP contribution in [-0.2, 0) is 0 Å². The van der Waals surface area contributed by atoms with Crippen molar-refractivity contribution in [1.82, 2.24) is 0 Å². The van der Waals surface area contributed by atoms with Crippen LogP contribution in [0.15, 0.2) is 34.8 Å². The summed E-state index contributed by atoms with van der Waals surface area (Å²) in [6, 6.07) is 4.54. The van der Waals surface area contributed by atoms with Crippen molar-refractivity contribution < 1.29 is 9.13 Å². The van der Waals surface area contributed by atoms with Gasteiger partial charge in [0, 0.05) is 0 Å². The molecule has 0 aromatic heterocycles. The number of benzene rings is 1. The Morgan fingerprint density at radius 2 is 2.31 bits per heavy atom. The number of ether oxygens (including phenoxy) is 1. The normalized spacial score (nSPS) is 9.77. The van der Waals surface area contributed by atoms with E-state index in [2.05, 4.69) is 22.5 Å². The van der Waals surface area contributed by atoms with Gasteiger partial charge >= 0.3 is 0 Å². The first-order valence-corrected chi connectivity index (χ1v) is 4.61. The standard InChI is InChI=1S/C10H10BrFO/c1-7(2)6-13-8-3-4-10(12)9(11)5-8/h3-5H,1,6H2,2H3. The first kappa shape index (κ1) is 10.3. The lowest BCUT2D eigenvalue weighted by Gasteiger charge is -2.05. The van der Waals surface area contributed by atoms with Crippen LogP contribution in [-0.4, -0.2) is 6.61 Å². The third-order valence-electron chi connectivity index (χ3n) is 1.38. The molecule has 1 aromatic rings. The minimum absolute atomic E-state index is 0.289. The van der Waals surface area contributed by atoms with Gasteiger partial charge in [0.1, 0.15) is 18.2 Å². The number of halogens is 2. The summed E-state index contributed by atoms with van der Waals surface area (Å²) in [5.74, 6) is 0.346. The third kappa shape index (κ3) is 3.19. The largest absolute Gasteiger partial charge is 0.489 e. The fourth-order valence-corrected chi connectivity index (χ4v) is 1.13. The fourth-order valence-electron chi connectivity index (χ4n) is 0.773. The number of hydrogen-bond acceptors (Lipinski definition) is 1. The molecule has 0 saturated heterocycles. The Bertz CT molecular complexity index is 323. The predicted octanol–water partition coefficient (Wildman–Crippen LogP) is 3.54. The van der Waals surface area contributed by atoms with Crippen molar-refractivity contribution in [3.05, 3.63) is 40.6 Å². The first-order valence-electron chi connectivity index (χ1n) is 3.82. The maximum Gasteiger partial charge on any atom is 0.137 e. The molecule has 70 valence electrons. The topological polar surface area (TPSA) is 9.23 Å². The summed E-state index contributed by atoms with van der Waals surface area (Å²) in [5.41, 5.74) is 0.931. The molecule has 0 radical (unpaired) electrons. The predicted molar refractivity (Wildman–Crippen MR) is 54.4 cm³/mol. The lowest BCUT2D eigenvalue weighted by atomic mass is 10.3. The summed E-state index contributed by atoms with van der Waals surface area (Å²) in [4.78, 5) is 0. The summed E-state index contributed by atoms with van der Waals surface area (Å²) in [5, 5.41) is 0. The van der Waals surface area contributed by atoms with Gasteiger partial charge in [-0.2, -0.15) is 0 Å². The number of rotatable bonds is 3. The molecule has 0 unspecified atom stereocenters. The van der Waals surface area contributed by atoms with E-state index in [1.165, 1.54) is 6.07 Å². The van der Waals surface area contributed by atoms with Gasteiger partial charge in [-0.3, -0.25) is 0 Å². The van der Waals surface area contributed by atoms with Crippen LogP contribution in [0.3, 0.4) is 0 Å². The molecule has 0 atom stereocenters. The minimum Gasteiger partial charge on any atom is -0.489 e. The van der Waals surface area contributed by atoms with E-state index in [1.807, 2.05) is 6.92 Å². The van der Waals surface area contributed by atoms with E-state index in [9.17, 15) is 4.39 Å². The minimum atomic E-state index is -0.289. The molecule has 0 aliphatic rings. The smallest absolute Gasteiger partial charge is 0.137 e. The Labute approximate surface area is 85.3 Å². The van der Waals surface area contributed by atoms with E-state index in [0.29, 0.717) is 16.8 Å². The van der Waals surface area contributed by atoms with Crippen molar-refractivity contribution in [2.45, 2.75) is 6.92 Å². The molecule has 13 heavy (non-hydrogen) atoms. The van der Waals surface area contributed by atoms with Gasteiger partial charge in [-0.05, 0) is 46.6 Å². The highest BCUT2D eigenvalue weighted by molar-refractivity contribution is 9.10. The Balaban J connectivity index is 2.68. The van der Waals surface area contributed by atoms with Crippen LogP contribution in [0.1, 0.15) is 6.92 Å². The van der Waals surface area contributed by atoms with Crippen molar-refractivity contribution in [2.24, 2.45) is 0 Å². The maximum atomic E-state index is 12.8. The van der Waals surface area contributed by atoms with Gasteiger partial charge in [-0.1, -0.05) is 6.58 Å². The SMILES string of the molecule is C=C(C)COc1ccc(F)c(Br)c1. The summed E-state index contributed by atoms with van der Waals surface area (Å²) >= 11 is 3.08. The summed E-state index contributed by atoms with van der Waals surface area (Å²) < 4.78 is 18.5. The maximum absolute atomic E-state index is 12.8. The third-order valence-corrected chi connectivity index (χ3v) is 1.98. The van der Waals surface area contributed by atoms with E-state index in [0.717, 1.165) is 5.57 Å². The zero-order valence-electron chi connectivity index (χ0n) is 7.31. The van der Waals surface area contributed by atoms with Crippen molar-refractivity contribution in [2.75, 3.05) is 6.61 Å².